The molecule has 2 atom stereocenters. The van der Waals surface area contributed by atoms with Gasteiger partial charge in [0, 0.05) is 12.6 Å². The molecule has 1 aliphatic carbocycles. The van der Waals surface area contributed by atoms with E-state index >= 15 is 0 Å². The van der Waals surface area contributed by atoms with E-state index < -0.39 is 11.9 Å². The number of carbonyl (C=O) groups is 2. The van der Waals surface area contributed by atoms with E-state index in [-0.39, 0.29) is 12.1 Å². The summed E-state index contributed by atoms with van der Waals surface area (Å²) in [6, 6.07) is -0.461. The molecule has 0 heterocycles. The van der Waals surface area contributed by atoms with Crippen molar-refractivity contribution in [1.29, 1.82) is 0 Å². The second kappa shape index (κ2) is 7.42. The van der Waals surface area contributed by atoms with Crippen molar-refractivity contribution in [2.75, 3.05) is 18.6 Å². The predicted molar refractivity (Wildman–Crippen MR) is 68.3 cm³/mol. The Morgan fingerprint density at radius 2 is 2.18 bits per heavy atom. The van der Waals surface area contributed by atoms with Crippen molar-refractivity contribution in [2.24, 2.45) is 5.92 Å². The molecule has 1 saturated carbocycles. The van der Waals surface area contributed by atoms with Gasteiger partial charge >= 0.3 is 12.0 Å². The highest BCUT2D eigenvalue weighted by atomic mass is 32.2. The van der Waals surface area contributed by atoms with E-state index in [1.54, 1.807) is 11.8 Å². The largest absolute Gasteiger partial charge is 0.481 e. The monoisotopic (exact) mass is 260 g/mol. The maximum Gasteiger partial charge on any atom is 0.315 e. The molecule has 0 bridgehead atoms. The van der Waals surface area contributed by atoms with Gasteiger partial charge in [0.1, 0.15) is 0 Å². The number of aliphatic carboxylic acids is 1. The summed E-state index contributed by atoms with van der Waals surface area (Å²) in [6.07, 6.45) is 5.24. The van der Waals surface area contributed by atoms with Crippen molar-refractivity contribution in [1.82, 2.24) is 10.6 Å². The van der Waals surface area contributed by atoms with Crippen LogP contribution in [-0.2, 0) is 4.79 Å². The third-order valence-electron chi connectivity index (χ3n) is 2.96. The average molecular weight is 260 g/mol. The summed E-state index contributed by atoms with van der Waals surface area (Å²) >= 11 is 1.74. The van der Waals surface area contributed by atoms with Crippen molar-refractivity contribution in [3.05, 3.63) is 0 Å². The Morgan fingerprint density at radius 3 is 2.82 bits per heavy atom. The Bertz CT molecular complexity index is 273. The van der Waals surface area contributed by atoms with E-state index in [0.29, 0.717) is 13.0 Å². The third-order valence-corrected chi connectivity index (χ3v) is 3.66. The first kappa shape index (κ1) is 14.2. The number of carboxylic acids is 1. The minimum absolute atomic E-state index is 0.215. The smallest absolute Gasteiger partial charge is 0.315 e. The van der Waals surface area contributed by atoms with Gasteiger partial charge < -0.3 is 15.7 Å². The molecule has 0 saturated heterocycles. The summed E-state index contributed by atoms with van der Waals surface area (Å²) in [5.74, 6) is -0.219. The summed E-state index contributed by atoms with van der Waals surface area (Å²) < 4.78 is 0. The molecular formula is C11H20N2O3S. The van der Waals surface area contributed by atoms with Crippen LogP contribution in [0.25, 0.3) is 0 Å². The molecule has 5 nitrogen and oxygen atoms in total. The number of amides is 2. The molecule has 6 heteroatoms. The Hall–Kier alpha value is -0.910. The number of rotatable bonds is 6. The molecule has 0 radical (unpaired) electrons. The van der Waals surface area contributed by atoms with E-state index in [2.05, 4.69) is 10.6 Å². The Balaban J connectivity index is 2.23. The number of hydrogen-bond acceptors (Lipinski definition) is 3. The highest BCUT2D eigenvalue weighted by molar-refractivity contribution is 7.98. The lowest BCUT2D eigenvalue weighted by atomic mass is 10.0. The molecule has 0 aromatic heterocycles. The van der Waals surface area contributed by atoms with Crippen LogP contribution < -0.4 is 10.6 Å². The topological polar surface area (TPSA) is 78.4 Å². The molecule has 0 aromatic rings. The zero-order valence-electron chi connectivity index (χ0n) is 10.1. The van der Waals surface area contributed by atoms with Crippen LogP contribution in [0, 0.1) is 5.92 Å². The molecule has 0 spiro atoms. The zero-order valence-corrected chi connectivity index (χ0v) is 10.9. The van der Waals surface area contributed by atoms with Gasteiger partial charge in [0.15, 0.2) is 0 Å². The second-order valence-electron chi connectivity index (χ2n) is 4.23. The molecule has 3 N–H and O–H groups in total. The molecule has 2 unspecified atom stereocenters. The first-order chi connectivity index (χ1) is 8.15. The number of thioether (sulfide) groups is 1. The number of carbonyl (C=O) groups excluding carboxylic acids is 1. The fourth-order valence-corrected chi connectivity index (χ4v) is 2.50. The third kappa shape index (κ3) is 4.85. The maximum absolute atomic E-state index is 11.5. The van der Waals surface area contributed by atoms with Gasteiger partial charge in [0.2, 0.25) is 0 Å². The van der Waals surface area contributed by atoms with Crippen molar-refractivity contribution in [3.63, 3.8) is 0 Å². The van der Waals surface area contributed by atoms with Crippen LogP contribution in [0.2, 0.25) is 0 Å². The predicted octanol–water partition coefficient (Wildman–Crippen LogP) is 1.29. The highest BCUT2D eigenvalue weighted by Crippen LogP contribution is 2.25. The van der Waals surface area contributed by atoms with E-state index in [4.69, 9.17) is 5.11 Å². The van der Waals surface area contributed by atoms with Crippen molar-refractivity contribution in [2.45, 2.75) is 31.7 Å². The minimum atomic E-state index is -0.810. The van der Waals surface area contributed by atoms with Crippen LogP contribution in [0.1, 0.15) is 25.7 Å². The lowest BCUT2D eigenvalue weighted by Gasteiger charge is -2.17. The molecule has 0 aromatic carbocycles. The quantitative estimate of drug-likeness (QED) is 0.629. The summed E-state index contributed by atoms with van der Waals surface area (Å²) in [7, 11) is 0. The summed E-state index contributed by atoms with van der Waals surface area (Å²) in [4.78, 5) is 22.4. The van der Waals surface area contributed by atoms with Gasteiger partial charge in [-0.2, -0.15) is 11.8 Å². The fraction of sp³-hybridized carbons (Fsp3) is 0.818. The molecule has 1 aliphatic rings. The molecule has 1 fully saturated rings. The van der Waals surface area contributed by atoms with Crippen LogP contribution in [0.5, 0.6) is 0 Å². The number of carboxylic acid groups (broad SMARTS) is 1. The molecule has 17 heavy (non-hydrogen) atoms. The first-order valence-electron chi connectivity index (χ1n) is 5.91. The lowest BCUT2D eigenvalue weighted by Crippen LogP contribution is -2.45. The normalized spacial score (nSPS) is 23.4. The SMILES string of the molecule is CSCCCNC(=O)NC1CCCC1C(=O)O. The van der Waals surface area contributed by atoms with Crippen molar-refractivity contribution in [3.8, 4) is 0 Å². The Morgan fingerprint density at radius 1 is 1.41 bits per heavy atom. The Labute approximate surface area is 106 Å². The van der Waals surface area contributed by atoms with Crippen LogP contribution in [0.3, 0.4) is 0 Å². The van der Waals surface area contributed by atoms with Gasteiger partial charge in [0.05, 0.1) is 5.92 Å². The lowest BCUT2D eigenvalue weighted by molar-refractivity contribution is -0.142. The Kier molecular flexibility index (Phi) is 6.18. The number of hydrogen-bond donors (Lipinski definition) is 3. The van der Waals surface area contributed by atoms with Crippen molar-refractivity contribution < 1.29 is 14.7 Å². The second-order valence-corrected chi connectivity index (χ2v) is 5.21. The minimum Gasteiger partial charge on any atom is -0.481 e. The van der Waals surface area contributed by atoms with Crippen LogP contribution in [-0.4, -0.2) is 41.7 Å². The van der Waals surface area contributed by atoms with Gasteiger partial charge in [-0.15, -0.1) is 0 Å². The van der Waals surface area contributed by atoms with Crippen LogP contribution >= 0.6 is 11.8 Å². The van der Waals surface area contributed by atoms with Gasteiger partial charge in [-0.05, 0) is 31.3 Å². The molecule has 2 amide bonds. The first-order valence-corrected chi connectivity index (χ1v) is 7.30. The van der Waals surface area contributed by atoms with E-state index in [9.17, 15) is 9.59 Å². The molecule has 98 valence electrons. The molecule has 0 aliphatic heterocycles. The summed E-state index contributed by atoms with van der Waals surface area (Å²) in [5, 5.41) is 14.5. The van der Waals surface area contributed by atoms with Gasteiger partial charge in [-0.3, -0.25) is 4.79 Å². The fourth-order valence-electron chi connectivity index (χ4n) is 2.07. The van der Waals surface area contributed by atoms with Gasteiger partial charge in [-0.1, -0.05) is 6.42 Å². The number of nitrogens with one attached hydrogen (secondary N) is 2. The number of urea groups is 1. The average Bonchev–Trinajstić information content (AvgIpc) is 2.72. The standard InChI is InChI=1S/C11H20N2O3S/c1-17-7-3-6-12-11(16)13-9-5-2-4-8(9)10(14)15/h8-9H,2-7H2,1H3,(H,14,15)(H2,12,13,16). The van der Waals surface area contributed by atoms with Crippen LogP contribution in [0.15, 0.2) is 0 Å². The van der Waals surface area contributed by atoms with E-state index in [1.165, 1.54) is 0 Å². The van der Waals surface area contributed by atoms with E-state index in [0.717, 1.165) is 25.0 Å². The van der Waals surface area contributed by atoms with E-state index in [1.807, 2.05) is 6.26 Å². The van der Waals surface area contributed by atoms with Crippen LogP contribution in [0.4, 0.5) is 4.79 Å². The summed E-state index contributed by atoms with van der Waals surface area (Å²) in [6.45, 7) is 0.636. The molecule has 1 rings (SSSR count). The highest BCUT2D eigenvalue weighted by Gasteiger charge is 2.33. The van der Waals surface area contributed by atoms with Gasteiger partial charge in [0.25, 0.3) is 0 Å². The van der Waals surface area contributed by atoms with Gasteiger partial charge in [-0.25, -0.2) is 4.79 Å². The maximum atomic E-state index is 11.5. The van der Waals surface area contributed by atoms with Crippen molar-refractivity contribution >= 4 is 23.8 Å². The summed E-state index contributed by atoms with van der Waals surface area (Å²) in [5.41, 5.74) is 0. The zero-order chi connectivity index (χ0) is 12.7. The molecular weight excluding hydrogens is 240 g/mol.